The van der Waals surface area contributed by atoms with E-state index in [0.29, 0.717) is 6.42 Å². The Morgan fingerprint density at radius 1 is 1.27 bits per heavy atom. The van der Waals surface area contributed by atoms with Crippen LogP contribution in [0.5, 0.6) is 0 Å². The van der Waals surface area contributed by atoms with Gasteiger partial charge in [0.1, 0.15) is 5.38 Å². The Labute approximate surface area is 136 Å². The van der Waals surface area contributed by atoms with Crippen LogP contribution in [0.15, 0.2) is 24.3 Å². The first kappa shape index (κ1) is 15.4. The minimum atomic E-state index is -0.386. The van der Waals surface area contributed by atoms with Crippen LogP contribution in [0.25, 0.3) is 10.9 Å². The number of hydrogen-bond donors (Lipinski definition) is 1. The maximum atomic E-state index is 12.4. The third-order valence-electron chi connectivity index (χ3n) is 4.58. The molecule has 1 aromatic carbocycles. The molecule has 0 bridgehead atoms. The largest absolute Gasteiger partial charge is 0.358 e. The number of hydrogen-bond acceptors (Lipinski definition) is 1. The van der Waals surface area contributed by atoms with Crippen LogP contribution in [0.4, 0.5) is 0 Å². The van der Waals surface area contributed by atoms with Crippen LogP contribution >= 0.6 is 11.6 Å². The van der Waals surface area contributed by atoms with Crippen LogP contribution in [-0.2, 0) is 17.6 Å². The minimum Gasteiger partial charge on any atom is -0.358 e. The highest BCUT2D eigenvalue weighted by atomic mass is 35.5. The molecular formula is C18H23ClN2O. The first-order chi connectivity index (χ1) is 10.7. The number of para-hydroxylation sites is 1. The summed E-state index contributed by atoms with van der Waals surface area (Å²) >= 11 is 6.16. The molecule has 1 aromatic heterocycles. The van der Waals surface area contributed by atoms with E-state index in [-0.39, 0.29) is 11.3 Å². The fourth-order valence-corrected chi connectivity index (χ4v) is 3.45. The molecule has 3 rings (SSSR count). The number of carbonyl (C=O) groups is 1. The number of rotatable bonds is 2. The third-order valence-corrected chi connectivity index (χ3v) is 5.07. The Morgan fingerprint density at radius 2 is 2.09 bits per heavy atom. The van der Waals surface area contributed by atoms with E-state index in [4.69, 9.17) is 11.6 Å². The second-order valence-corrected chi connectivity index (χ2v) is 6.56. The molecule has 3 nitrogen and oxygen atoms in total. The van der Waals surface area contributed by atoms with Gasteiger partial charge in [0.05, 0.1) is 0 Å². The summed E-state index contributed by atoms with van der Waals surface area (Å²) < 4.78 is 0. The standard InChI is InChI=1S/C18H23ClN2O/c1-2-15(19)18(22)21-11-6-5-9-17-14(10-12-21)13-7-3-4-8-16(13)20-17/h3-4,7-8,15,20H,2,5-6,9-12H2,1H3. The fraction of sp³-hybridized carbons (Fsp3) is 0.500. The zero-order valence-corrected chi connectivity index (χ0v) is 13.8. The number of H-pyrrole nitrogens is 1. The number of halogens is 1. The number of nitrogens with zero attached hydrogens (tertiary/aromatic N) is 1. The lowest BCUT2D eigenvalue weighted by Gasteiger charge is -2.24. The van der Waals surface area contributed by atoms with Crippen LogP contribution in [-0.4, -0.2) is 34.3 Å². The normalized spacial score (nSPS) is 17.5. The van der Waals surface area contributed by atoms with E-state index >= 15 is 0 Å². The fourth-order valence-electron chi connectivity index (χ4n) is 3.31. The molecule has 1 aliphatic rings. The smallest absolute Gasteiger partial charge is 0.240 e. The maximum absolute atomic E-state index is 12.4. The van der Waals surface area contributed by atoms with Gasteiger partial charge in [-0.25, -0.2) is 0 Å². The molecule has 4 heteroatoms. The summed E-state index contributed by atoms with van der Waals surface area (Å²) in [6.07, 6.45) is 4.79. The van der Waals surface area contributed by atoms with E-state index in [1.807, 2.05) is 11.8 Å². The molecule has 0 spiro atoms. The molecule has 0 saturated carbocycles. The van der Waals surface area contributed by atoms with Crippen LogP contribution in [0.3, 0.4) is 0 Å². The van der Waals surface area contributed by atoms with Crippen molar-refractivity contribution in [3.8, 4) is 0 Å². The molecule has 2 heterocycles. The van der Waals surface area contributed by atoms with Gasteiger partial charge in [0.15, 0.2) is 0 Å². The Bertz CT molecular complexity index is 664. The van der Waals surface area contributed by atoms with Crippen molar-refractivity contribution in [2.45, 2.75) is 44.4 Å². The summed E-state index contributed by atoms with van der Waals surface area (Å²) in [7, 11) is 0. The summed E-state index contributed by atoms with van der Waals surface area (Å²) in [4.78, 5) is 17.9. The van der Waals surface area contributed by atoms with Crippen molar-refractivity contribution >= 4 is 28.4 Å². The Hall–Kier alpha value is -1.48. The van der Waals surface area contributed by atoms with Gasteiger partial charge in [-0.1, -0.05) is 25.1 Å². The minimum absolute atomic E-state index is 0.0902. The lowest BCUT2D eigenvalue weighted by molar-refractivity contribution is -0.130. The van der Waals surface area contributed by atoms with Gasteiger partial charge in [-0.3, -0.25) is 4.79 Å². The average molecular weight is 319 g/mol. The van der Waals surface area contributed by atoms with E-state index in [0.717, 1.165) is 38.8 Å². The van der Waals surface area contributed by atoms with Gasteiger partial charge < -0.3 is 9.88 Å². The second kappa shape index (κ2) is 6.74. The SMILES string of the molecule is CCC(Cl)C(=O)N1CCCCc2[nH]c3ccccc3c2CC1. The van der Waals surface area contributed by atoms with Crippen molar-refractivity contribution in [1.82, 2.24) is 9.88 Å². The number of aryl methyl sites for hydroxylation is 1. The lowest BCUT2D eigenvalue weighted by Crippen LogP contribution is -2.38. The molecule has 0 aliphatic carbocycles. The van der Waals surface area contributed by atoms with Crippen molar-refractivity contribution in [2.24, 2.45) is 0 Å². The van der Waals surface area contributed by atoms with Crippen LogP contribution < -0.4 is 0 Å². The predicted molar refractivity (Wildman–Crippen MR) is 91.5 cm³/mol. The van der Waals surface area contributed by atoms with Crippen molar-refractivity contribution < 1.29 is 4.79 Å². The number of amides is 1. The highest BCUT2D eigenvalue weighted by Crippen LogP contribution is 2.26. The molecule has 1 N–H and O–H groups in total. The van der Waals surface area contributed by atoms with Gasteiger partial charge in [-0.05, 0) is 43.7 Å². The van der Waals surface area contributed by atoms with Crippen LogP contribution in [0, 0.1) is 0 Å². The molecular weight excluding hydrogens is 296 g/mol. The number of aromatic nitrogens is 1. The van der Waals surface area contributed by atoms with Gasteiger partial charge >= 0.3 is 0 Å². The molecule has 0 saturated heterocycles. The number of nitrogens with one attached hydrogen (secondary N) is 1. The molecule has 118 valence electrons. The van der Waals surface area contributed by atoms with Crippen molar-refractivity contribution in [3.63, 3.8) is 0 Å². The zero-order chi connectivity index (χ0) is 15.5. The van der Waals surface area contributed by atoms with E-state index in [2.05, 4.69) is 29.2 Å². The summed E-state index contributed by atoms with van der Waals surface area (Å²) in [5.74, 6) is 0.0902. The second-order valence-electron chi connectivity index (χ2n) is 6.04. The van der Waals surface area contributed by atoms with Gasteiger partial charge in [0.2, 0.25) is 5.91 Å². The molecule has 1 amide bonds. The predicted octanol–water partition coefficient (Wildman–Crippen LogP) is 3.89. The highest BCUT2D eigenvalue weighted by Gasteiger charge is 2.22. The number of benzene rings is 1. The van der Waals surface area contributed by atoms with E-state index < -0.39 is 0 Å². The number of aromatic amines is 1. The monoisotopic (exact) mass is 318 g/mol. The van der Waals surface area contributed by atoms with Gasteiger partial charge in [-0.15, -0.1) is 11.6 Å². The third kappa shape index (κ3) is 3.00. The molecule has 22 heavy (non-hydrogen) atoms. The number of alkyl halides is 1. The summed E-state index contributed by atoms with van der Waals surface area (Å²) in [5.41, 5.74) is 3.92. The zero-order valence-electron chi connectivity index (χ0n) is 13.1. The van der Waals surface area contributed by atoms with Gasteiger partial charge in [0.25, 0.3) is 0 Å². The Kier molecular flexibility index (Phi) is 4.72. The van der Waals surface area contributed by atoms with Crippen LogP contribution in [0.1, 0.15) is 37.4 Å². The Morgan fingerprint density at radius 3 is 2.91 bits per heavy atom. The summed E-state index contributed by atoms with van der Waals surface area (Å²) in [5, 5.41) is 0.910. The van der Waals surface area contributed by atoms with Crippen LogP contribution in [0.2, 0.25) is 0 Å². The number of carbonyl (C=O) groups excluding carboxylic acids is 1. The van der Waals surface area contributed by atoms with Crippen molar-refractivity contribution in [1.29, 1.82) is 0 Å². The summed E-state index contributed by atoms with van der Waals surface area (Å²) in [6, 6.07) is 8.44. The molecule has 2 aromatic rings. The van der Waals surface area contributed by atoms with Crippen molar-refractivity contribution in [2.75, 3.05) is 13.1 Å². The van der Waals surface area contributed by atoms with Crippen molar-refractivity contribution in [3.05, 3.63) is 35.5 Å². The quantitative estimate of drug-likeness (QED) is 0.838. The first-order valence-corrected chi connectivity index (χ1v) is 8.65. The molecule has 1 unspecified atom stereocenters. The van der Waals surface area contributed by atoms with Gasteiger partial charge in [-0.2, -0.15) is 0 Å². The Balaban J connectivity index is 1.86. The summed E-state index contributed by atoms with van der Waals surface area (Å²) in [6.45, 7) is 3.55. The first-order valence-electron chi connectivity index (χ1n) is 8.22. The number of fused-ring (bicyclic) bond motifs is 3. The molecule has 0 fully saturated rings. The molecule has 1 atom stereocenters. The maximum Gasteiger partial charge on any atom is 0.240 e. The molecule has 0 radical (unpaired) electrons. The van der Waals surface area contributed by atoms with E-state index in [1.54, 1.807) is 0 Å². The molecule has 1 aliphatic heterocycles. The average Bonchev–Trinajstić information content (AvgIpc) is 2.93. The van der Waals surface area contributed by atoms with E-state index in [1.165, 1.54) is 22.2 Å². The van der Waals surface area contributed by atoms with E-state index in [9.17, 15) is 4.79 Å². The highest BCUT2D eigenvalue weighted by molar-refractivity contribution is 6.30. The van der Waals surface area contributed by atoms with Gasteiger partial charge in [0, 0.05) is 29.7 Å². The topological polar surface area (TPSA) is 36.1 Å². The lowest BCUT2D eigenvalue weighted by atomic mass is 10.0.